The zero-order chi connectivity index (χ0) is 32.7. The maximum atomic E-state index is 15.5. The van der Waals surface area contributed by atoms with Gasteiger partial charge in [-0.1, -0.05) is 23.7 Å². The molecule has 1 aromatic carbocycles. The number of rotatable bonds is 6. The Bertz CT molecular complexity index is 1700. The number of aryl methyl sites for hydroxylation is 2. The predicted molar refractivity (Wildman–Crippen MR) is 174 cm³/mol. The average Bonchev–Trinajstić information content (AvgIpc) is 3.73. The summed E-state index contributed by atoms with van der Waals surface area (Å²) in [5.74, 6) is 0.601. The highest BCUT2D eigenvalue weighted by Gasteiger charge is 2.50. The van der Waals surface area contributed by atoms with E-state index in [-0.39, 0.29) is 17.4 Å². The molecule has 0 bridgehead atoms. The van der Waals surface area contributed by atoms with Crippen LogP contribution in [0.15, 0.2) is 18.2 Å². The monoisotopic (exact) mass is 668 g/mol. The third-order valence-electron chi connectivity index (χ3n) is 11.4. The lowest BCUT2D eigenvalue weighted by molar-refractivity contribution is 0.0353. The second-order valence-electron chi connectivity index (χ2n) is 14.4. The van der Waals surface area contributed by atoms with Crippen molar-refractivity contribution >= 4 is 17.4 Å². The molecule has 8 rings (SSSR count). The Kier molecular flexibility index (Phi) is 7.75. The van der Waals surface area contributed by atoms with Gasteiger partial charge in [0.1, 0.15) is 30.1 Å². The molecule has 1 aliphatic carbocycles. The summed E-state index contributed by atoms with van der Waals surface area (Å²) in [7, 11) is 5.64. The smallest absolute Gasteiger partial charge is 0.318 e. The van der Waals surface area contributed by atoms with E-state index in [0.29, 0.717) is 62.9 Å². The van der Waals surface area contributed by atoms with Crippen molar-refractivity contribution in [1.29, 1.82) is 0 Å². The molecule has 6 heterocycles. The lowest BCUT2D eigenvalue weighted by atomic mass is 9.80. The molecule has 13 heteroatoms. The van der Waals surface area contributed by atoms with Crippen molar-refractivity contribution in [2.24, 2.45) is 0 Å². The molecule has 252 valence electrons. The molecule has 5 aliphatic rings. The molecule has 4 atom stereocenters. The van der Waals surface area contributed by atoms with Gasteiger partial charge in [0, 0.05) is 50.1 Å². The molecule has 2 saturated heterocycles. The van der Waals surface area contributed by atoms with Gasteiger partial charge in [-0.05, 0) is 71.4 Å². The van der Waals surface area contributed by atoms with E-state index in [9.17, 15) is 9.50 Å². The van der Waals surface area contributed by atoms with Gasteiger partial charge in [0.15, 0.2) is 6.23 Å². The fourth-order valence-electron chi connectivity index (χ4n) is 8.99. The molecular weight excluding hydrogens is 626 g/mol. The molecule has 47 heavy (non-hydrogen) atoms. The lowest BCUT2D eigenvalue weighted by Gasteiger charge is -2.44. The number of aliphatic hydroxyl groups excluding tert-OH is 1. The van der Waals surface area contributed by atoms with Crippen LogP contribution in [-0.2, 0) is 38.0 Å². The number of anilines is 1. The van der Waals surface area contributed by atoms with E-state index in [4.69, 9.17) is 31.4 Å². The van der Waals surface area contributed by atoms with Crippen molar-refractivity contribution in [2.45, 2.75) is 88.1 Å². The van der Waals surface area contributed by atoms with Crippen LogP contribution >= 0.6 is 11.6 Å². The molecule has 0 saturated carbocycles. The number of hydrogen-bond acceptors (Lipinski definition) is 9. The highest BCUT2D eigenvalue weighted by atomic mass is 35.5. The van der Waals surface area contributed by atoms with Crippen LogP contribution in [0, 0.1) is 5.82 Å². The zero-order valence-corrected chi connectivity index (χ0v) is 28.1. The predicted octanol–water partition coefficient (Wildman–Crippen LogP) is 4.21. The molecule has 1 unspecified atom stereocenters. The molecule has 10 nitrogen and oxygen atoms in total. The minimum atomic E-state index is -0.921. The Morgan fingerprint density at radius 1 is 1.15 bits per heavy atom. The molecular formula is C34H43ClF2N8O2. The number of likely N-dealkylation sites (N-methyl/N-ethyl adjacent to an activating group) is 1. The zero-order valence-electron chi connectivity index (χ0n) is 27.4. The van der Waals surface area contributed by atoms with Crippen LogP contribution in [0.4, 0.5) is 14.6 Å². The summed E-state index contributed by atoms with van der Waals surface area (Å²) < 4.78 is 38.5. The van der Waals surface area contributed by atoms with E-state index in [1.54, 1.807) is 31.1 Å². The summed E-state index contributed by atoms with van der Waals surface area (Å²) in [4.78, 5) is 18.5. The van der Waals surface area contributed by atoms with E-state index in [2.05, 4.69) is 21.7 Å². The summed E-state index contributed by atoms with van der Waals surface area (Å²) in [5, 5.41) is 15.9. The molecule has 1 spiro atoms. The van der Waals surface area contributed by atoms with Gasteiger partial charge in [-0.25, -0.2) is 8.78 Å². The molecule has 0 radical (unpaired) electrons. The van der Waals surface area contributed by atoms with Crippen LogP contribution in [-0.4, -0.2) is 98.6 Å². The lowest BCUT2D eigenvalue weighted by Crippen LogP contribution is -2.48. The van der Waals surface area contributed by atoms with Gasteiger partial charge in [-0.2, -0.15) is 15.1 Å². The van der Waals surface area contributed by atoms with E-state index >= 15 is 4.39 Å². The highest BCUT2D eigenvalue weighted by Crippen LogP contribution is 2.49. The van der Waals surface area contributed by atoms with Crippen molar-refractivity contribution in [3.05, 3.63) is 62.8 Å². The average molecular weight is 669 g/mol. The van der Waals surface area contributed by atoms with Crippen molar-refractivity contribution in [2.75, 3.05) is 52.3 Å². The largest absolute Gasteiger partial charge is 0.461 e. The van der Waals surface area contributed by atoms with Crippen molar-refractivity contribution in [3.8, 4) is 6.01 Å². The van der Waals surface area contributed by atoms with Crippen LogP contribution in [0.5, 0.6) is 6.01 Å². The number of alkyl halides is 1. The minimum absolute atomic E-state index is 0.172. The number of hydrogen-bond donors (Lipinski definition) is 1. The third kappa shape index (κ3) is 5.05. The summed E-state index contributed by atoms with van der Waals surface area (Å²) in [5.41, 5.74) is 4.10. The molecule has 0 amide bonds. The van der Waals surface area contributed by atoms with Crippen molar-refractivity contribution < 1.29 is 18.6 Å². The first-order valence-electron chi connectivity index (χ1n) is 16.8. The highest BCUT2D eigenvalue weighted by molar-refractivity contribution is 6.32. The first kappa shape index (κ1) is 31.4. The Hall–Kier alpha value is -2.90. The summed E-state index contributed by atoms with van der Waals surface area (Å²) >= 11 is 6.90. The van der Waals surface area contributed by atoms with Crippen LogP contribution < -0.4 is 9.64 Å². The first-order valence-corrected chi connectivity index (χ1v) is 17.2. The van der Waals surface area contributed by atoms with Crippen molar-refractivity contribution in [1.82, 2.24) is 34.4 Å². The third-order valence-corrected chi connectivity index (χ3v) is 11.8. The maximum Gasteiger partial charge on any atom is 0.318 e. The van der Waals surface area contributed by atoms with Gasteiger partial charge < -0.3 is 14.7 Å². The Morgan fingerprint density at radius 2 is 2.00 bits per heavy atom. The van der Waals surface area contributed by atoms with Gasteiger partial charge in [0.25, 0.3) is 0 Å². The van der Waals surface area contributed by atoms with Crippen LogP contribution in [0.2, 0.25) is 5.02 Å². The topological polar surface area (TPSA) is 86.0 Å². The number of fused-ring (bicyclic) bond motifs is 5. The van der Waals surface area contributed by atoms with Gasteiger partial charge >= 0.3 is 6.01 Å². The maximum absolute atomic E-state index is 15.5. The molecule has 1 N–H and O–H groups in total. The standard InChI is InChI=1S/C34H43ClF2N8O2/c1-41(2)31(46)29-28(35)26-19-43(12-6-14-45(26)40-29)30-23-18-42(3)34(11-9-21-7-4-8-24(37)27(21)34)16-25(23)38-32(39-30)47-20-33-10-5-13-44(33)17-22(36)15-33/h4,7-8,22,31,46H,5-6,9-20H2,1-3H3/t22-,31?,33+,34+/m1/s1. The Balaban J connectivity index is 1.19. The number of nitrogens with zero attached hydrogens (tertiary/aromatic N) is 8. The normalized spacial score (nSPS) is 28.0. The fraction of sp³-hybridized carbons (Fsp3) is 0.618. The second kappa shape index (κ2) is 11.6. The van der Waals surface area contributed by atoms with Gasteiger partial charge in [-0.3, -0.25) is 19.4 Å². The number of aromatic nitrogens is 4. The second-order valence-corrected chi connectivity index (χ2v) is 14.8. The van der Waals surface area contributed by atoms with E-state index in [0.717, 1.165) is 72.5 Å². The Labute approximate surface area is 279 Å². The molecule has 2 fully saturated rings. The molecule has 4 aliphatic heterocycles. The first-order chi connectivity index (χ1) is 22.6. The fourth-order valence-corrected chi connectivity index (χ4v) is 9.29. The SMILES string of the molecule is CN(C)C(O)c1nn2c(c1Cl)CN(c1nc(OC[C@@]34CCCN3C[C@H](F)C4)nc3c1CN(C)[C@@]1(CCc4cccc(F)c41)C3)CCC2. The van der Waals surface area contributed by atoms with Gasteiger partial charge in [0.2, 0.25) is 0 Å². The van der Waals surface area contributed by atoms with Crippen LogP contribution in [0.25, 0.3) is 0 Å². The van der Waals surface area contributed by atoms with Gasteiger partial charge in [0.05, 0.1) is 34.0 Å². The molecule has 3 aromatic rings. The van der Waals surface area contributed by atoms with Crippen LogP contribution in [0.3, 0.4) is 0 Å². The summed E-state index contributed by atoms with van der Waals surface area (Å²) in [6.07, 6.45) is 3.56. The minimum Gasteiger partial charge on any atom is -0.461 e. The quantitative estimate of drug-likeness (QED) is 0.389. The Morgan fingerprint density at radius 3 is 2.83 bits per heavy atom. The summed E-state index contributed by atoms with van der Waals surface area (Å²) in [6, 6.07) is 5.67. The van der Waals surface area contributed by atoms with E-state index in [1.807, 2.05) is 10.7 Å². The number of benzene rings is 1. The van der Waals surface area contributed by atoms with E-state index < -0.39 is 17.9 Å². The van der Waals surface area contributed by atoms with Crippen LogP contribution in [0.1, 0.15) is 72.1 Å². The number of halogens is 3. The summed E-state index contributed by atoms with van der Waals surface area (Å²) in [6.45, 7) is 4.03. The number of aliphatic hydroxyl groups is 1. The van der Waals surface area contributed by atoms with E-state index in [1.165, 1.54) is 0 Å². The number of ether oxygens (including phenoxy) is 1. The molecule has 2 aromatic heterocycles. The van der Waals surface area contributed by atoms with Gasteiger partial charge in [-0.15, -0.1) is 0 Å². The van der Waals surface area contributed by atoms with Crippen molar-refractivity contribution in [3.63, 3.8) is 0 Å².